The van der Waals surface area contributed by atoms with Gasteiger partial charge in [0.15, 0.2) is 11.6 Å². The lowest BCUT2D eigenvalue weighted by Crippen LogP contribution is -2.18. The normalized spacial score (nSPS) is 10.8. The second kappa shape index (κ2) is 7.22. The maximum absolute atomic E-state index is 13.4. The van der Waals surface area contributed by atoms with Crippen molar-refractivity contribution >= 4 is 11.3 Å². The zero-order valence-corrected chi connectivity index (χ0v) is 11.5. The van der Waals surface area contributed by atoms with E-state index in [9.17, 15) is 8.78 Å². The molecular formula is C12H13F2N3O2S. The number of hydrogen-bond donors (Lipinski definition) is 1. The van der Waals surface area contributed by atoms with Gasteiger partial charge in [0, 0.05) is 26.3 Å². The van der Waals surface area contributed by atoms with Gasteiger partial charge in [-0.15, -0.1) is 5.10 Å². The maximum atomic E-state index is 13.4. The summed E-state index contributed by atoms with van der Waals surface area (Å²) >= 11 is 1.16. The minimum atomic E-state index is -0.652. The lowest BCUT2D eigenvalue weighted by Gasteiger charge is -2.02. The van der Waals surface area contributed by atoms with Crippen LogP contribution in [-0.2, 0) is 11.3 Å². The molecule has 0 fully saturated rings. The van der Waals surface area contributed by atoms with Gasteiger partial charge < -0.3 is 14.8 Å². The van der Waals surface area contributed by atoms with Crippen molar-refractivity contribution in [2.45, 2.75) is 6.54 Å². The first-order chi connectivity index (χ1) is 9.69. The first-order valence-corrected chi connectivity index (χ1v) is 6.65. The van der Waals surface area contributed by atoms with Gasteiger partial charge in [-0.05, 0) is 12.1 Å². The summed E-state index contributed by atoms with van der Waals surface area (Å²) in [4.78, 5) is 0. The Labute approximate surface area is 118 Å². The molecule has 8 heteroatoms. The van der Waals surface area contributed by atoms with Crippen LogP contribution in [-0.4, -0.2) is 30.5 Å². The van der Waals surface area contributed by atoms with Crippen LogP contribution in [0, 0.1) is 11.6 Å². The minimum Gasteiger partial charge on any atom is -0.427 e. The molecule has 108 valence electrons. The van der Waals surface area contributed by atoms with Crippen molar-refractivity contribution in [3.63, 3.8) is 0 Å². The molecule has 0 atom stereocenters. The molecule has 20 heavy (non-hydrogen) atoms. The van der Waals surface area contributed by atoms with Gasteiger partial charge >= 0.3 is 0 Å². The summed E-state index contributed by atoms with van der Waals surface area (Å²) in [6.07, 6.45) is 0. The molecule has 1 heterocycles. The number of aromatic nitrogens is 2. The molecule has 2 rings (SSSR count). The molecule has 0 unspecified atom stereocenters. The standard InChI is InChI=1S/C12H13F2N3O2S/c1-18-5-4-15-7-11-16-17-12(20-11)19-10-6-8(13)2-3-9(10)14/h2-3,6,15H,4-5,7H2,1H3. The third-order valence-electron chi connectivity index (χ3n) is 2.30. The number of methoxy groups -OCH3 is 1. The molecule has 0 saturated carbocycles. The quantitative estimate of drug-likeness (QED) is 0.796. The summed E-state index contributed by atoms with van der Waals surface area (Å²) in [5.74, 6) is -1.44. The predicted molar refractivity (Wildman–Crippen MR) is 69.9 cm³/mol. The van der Waals surface area contributed by atoms with Crippen LogP contribution in [0.25, 0.3) is 0 Å². The monoisotopic (exact) mass is 301 g/mol. The Balaban J connectivity index is 1.93. The van der Waals surface area contributed by atoms with Crippen molar-refractivity contribution in [3.8, 4) is 10.9 Å². The van der Waals surface area contributed by atoms with Crippen molar-refractivity contribution in [3.05, 3.63) is 34.8 Å². The highest BCUT2D eigenvalue weighted by Gasteiger charge is 2.10. The highest BCUT2D eigenvalue weighted by Crippen LogP contribution is 2.27. The molecule has 0 radical (unpaired) electrons. The SMILES string of the molecule is COCCNCc1nnc(Oc2cc(F)ccc2F)s1. The summed E-state index contributed by atoms with van der Waals surface area (Å²) in [5, 5.41) is 11.6. The summed E-state index contributed by atoms with van der Waals surface area (Å²) in [6.45, 7) is 1.79. The van der Waals surface area contributed by atoms with E-state index in [0.717, 1.165) is 29.5 Å². The second-order valence-corrected chi connectivity index (χ2v) is 4.83. The number of ether oxygens (including phenoxy) is 2. The van der Waals surface area contributed by atoms with Crippen LogP contribution < -0.4 is 10.1 Å². The third-order valence-corrected chi connectivity index (χ3v) is 3.10. The van der Waals surface area contributed by atoms with Crippen LogP contribution >= 0.6 is 11.3 Å². The fourth-order valence-electron chi connectivity index (χ4n) is 1.37. The van der Waals surface area contributed by atoms with Gasteiger partial charge in [-0.1, -0.05) is 16.4 Å². The minimum absolute atomic E-state index is 0.165. The molecule has 0 aliphatic carbocycles. The average Bonchev–Trinajstić information content (AvgIpc) is 2.87. The Hall–Kier alpha value is -1.64. The molecule has 1 aromatic carbocycles. The van der Waals surface area contributed by atoms with Gasteiger partial charge in [0.05, 0.1) is 6.61 Å². The van der Waals surface area contributed by atoms with Gasteiger partial charge in [-0.25, -0.2) is 8.78 Å². The molecular weight excluding hydrogens is 288 g/mol. The average molecular weight is 301 g/mol. The van der Waals surface area contributed by atoms with E-state index >= 15 is 0 Å². The van der Waals surface area contributed by atoms with Crippen molar-refractivity contribution < 1.29 is 18.3 Å². The van der Waals surface area contributed by atoms with Crippen LogP contribution in [0.3, 0.4) is 0 Å². The van der Waals surface area contributed by atoms with Gasteiger partial charge in [-0.2, -0.15) is 0 Å². The Bertz CT molecular complexity index is 565. The largest absolute Gasteiger partial charge is 0.427 e. The molecule has 0 saturated heterocycles. The number of halogens is 2. The fraction of sp³-hybridized carbons (Fsp3) is 0.333. The molecule has 2 aromatic rings. The summed E-state index contributed by atoms with van der Waals surface area (Å²) in [7, 11) is 1.62. The van der Waals surface area contributed by atoms with E-state index in [4.69, 9.17) is 9.47 Å². The zero-order chi connectivity index (χ0) is 14.4. The fourth-order valence-corrected chi connectivity index (χ4v) is 2.04. The predicted octanol–water partition coefficient (Wildman–Crippen LogP) is 2.34. The maximum Gasteiger partial charge on any atom is 0.299 e. The van der Waals surface area contributed by atoms with Crippen LogP contribution in [0.15, 0.2) is 18.2 Å². The first-order valence-electron chi connectivity index (χ1n) is 5.84. The van der Waals surface area contributed by atoms with Crippen molar-refractivity contribution in [2.75, 3.05) is 20.3 Å². The lowest BCUT2D eigenvalue weighted by atomic mass is 10.3. The number of rotatable bonds is 7. The van der Waals surface area contributed by atoms with Crippen LogP contribution in [0.4, 0.5) is 8.78 Å². The first kappa shape index (κ1) is 14.8. The summed E-state index contributed by atoms with van der Waals surface area (Å²) in [5.41, 5.74) is 0. The van der Waals surface area contributed by atoms with E-state index in [-0.39, 0.29) is 10.9 Å². The summed E-state index contributed by atoms with van der Waals surface area (Å²) < 4.78 is 36.4. The molecule has 0 amide bonds. The molecule has 0 spiro atoms. The van der Waals surface area contributed by atoms with E-state index in [0.29, 0.717) is 24.7 Å². The van der Waals surface area contributed by atoms with E-state index in [1.54, 1.807) is 7.11 Å². The van der Waals surface area contributed by atoms with Crippen molar-refractivity contribution in [2.24, 2.45) is 0 Å². The molecule has 1 N–H and O–H groups in total. The molecule has 5 nitrogen and oxygen atoms in total. The number of hydrogen-bond acceptors (Lipinski definition) is 6. The molecule has 1 aromatic heterocycles. The van der Waals surface area contributed by atoms with Gasteiger partial charge in [0.1, 0.15) is 10.8 Å². The topological polar surface area (TPSA) is 56.3 Å². The Morgan fingerprint density at radius 3 is 2.95 bits per heavy atom. The van der Waals surface area contributed by atoms with Crippen LogP contribution in [0.5, 0.6) is 10.9 Å². The molecule has 0 bridgehead atoms. The third kappa shape index (κ3) is 4.19. The van der Waals surface area contributed by atoms with Crippen molar-refractivity contribution in [1.82, 2.24) is 15.5 Å². The molecule has 0 aliphatic heterocycles. The van der Waals surface area contributed by atoms with E-state index in [1.165, 1.54) is 0 Å². The van der Waals surface area contributed by atoms with Crippen LogP contribution in [0.1, 0.15) is 5.01 Å². The van der Waals surface area contributed by atoms with Crippen molar-refractivity contribution in [1.29, 1.82) is 0 Å². The smallest absolute Gasteiger partial charge is 0.299 e. The molecule has 0 aliphatic rings. The number of benzene rings is 1. The van der Waals surface area contributed by atoms with Gasteiger partial charge in [0.25, 0.3) is 5.19 Å². The second-order valence-electron chi connectivity index (χ2n) is 3.81. The van der Waals surface area contributed by atoms with Gasteiger partial charge in [-0.3, -0.25) is 0 Å². The highest BCUT2D eigenvalue weighted by atomic mass is 32.1. The Kier molecular flexibility index (Phi) is 5.33. The van der Waals surface area contributed by atoms with E-state index in [1.807, 2.05) is 0 Å². The highest BCUT2D eigenvalue weighted by molar-refractivity contribution is 7.13. The number of nitrogens with one attached hydrogen (secondary N) is 1. The zero-order valence-electron chi connectivity index (χ0n) is 10.7. The van der Waals surface area contributed by atoms with Gasteiger partial charge in [0.2, 0.25) is 0 Å². The lowest BCUT2D eigenvalue weighted by molar-refractivity contribution is 0.199. The van der Waals surface area contributed by atoms with E-state index in [2.05, 4.69) is 15.5 Å². The number of nitrogens with zero attached hydrogens (tertiary/aromatic N) is 2. The Morgan fingerprint density at radius 2 is 2.15 bits per heavy atom. The summed E-state index contributed by atoms with van der Waals surface area (Å²) in [6, 6.07) is 2.99. The van der Waals surface area contributed by atoms with E-state index < -0.39 is 11.6 Å². The Morgan fingerprint density at radius 1 is 1.30 bits per heavy atom. The van der Waals surface area contributed by atoms with Crippen LogP contribution in [0.2, 0.25) is 0 Å².